The van der Waals surface area contributed by atoms with Gasteiger partial charge in [-0.05, 0) is 31.2 Å². The molecule has 0 fully saturated rings. The summed E-state index contributed by atoms with van der Waals surface area (Å²) in [5.41, 5.74) is 4.81. The van der Waals surface area contributed by atoms with Crippen molar-refractivity contribution in [2.75, 3.05) is 13.6 Å². The first kappa shape index (κ1) is 15.2. The SMILES string of the molecule is CN(CCc1ccccc1)Cc1ccc(C(=O)NN)cn1. The van der Waals surface area contributed by atoms with E-state index in [0.29, 0.717) is 5.56 Å². The molecule has 1 aromatic carbocycles. The third-order valence-corrected chi connectivity index (χ3v) is 3.27. The van der Waals surface area contributed by atoms with Crippen LogP contribution < -0.4 is 11.3 Å². The predicted molar refractivity (Wildman–Crippen MR) is 82.4 cm³/mol. The highest BCUT2D eigenvalue weighted by molar-refractivity contribution is 5.93. The number of carbonyl (C=O) groups excluding carboxylic acids is 1. The van der Waals surface area contributed by atoms with Gasteiger partial charge in [0.05, 0.1) is 11.3 Å². The molecule has 3 N–H and O–H groups in total. The maximum atomic E-state index is 11.3. The first-order chi connectivity index (χ1) is 10.2. The van der Waals surface area contributed by atoms with Crippen molar-refractivity contribution in [2.24, 2.45) is 5.84 Å². The van der Waals surface area contributed by atoms with Crippen LogP contribution in [-0.4, -0.2) is 29.4 Å². The molecule has 0 aliphatic heterocycles. The van der Waals surface area contributed by atoms with Gasteiger partial charge in [0.1, 0.15) is 0 Å². The molecule has 110 valence electrons. The van der Waals surface area contributed by atoms with E-state index in [1.165, 1.54) is 5.56 Å². The van der Waals surface area contributed by atoms with Crippen LogP contribution in [0.25, 0.3) is 0 Å². The summed E-state index contributed by atoms with van der Waals surface area (Å²) in [6.45, 7) is 1.70. The summed E-state index contributed by atoms with van der Waals surface area (Å²) in [4.78, 5) is 17.8. The van der Waals surface area contributed by atoms with E-state index in [2.05, 4.69) is 46.6 Å². The number of hydrazine groups is 1. The molecule has 5 nitrogen and oxygen atoms in total. The Morgan fingerprint density at radius 2 is 2.00 bits per heavy atom. The Morgan fingerprint density at radius 1 is 1.24 bits per heavy atom. The standard InChI is InChI=1S/C16H20N4O/c1-20(10-9-13-5-3-2-4-6-13)12-15-8-7-14(11-18-15)16(21)19-17/h2-8,11H,9-10,12,17H2,1H3,(H,19,21). The van der Waals surface area contributed by atoms with Crippen LogP contribution in [0.3, 0.4) is 0 Å². The zero-order chi connectivity index (χ0) is 15.1. The van der Waals surface area contributed by atoms with Crippen molar-refractivity contribution < 1.29 is 4.79 Å². The molecule has 2 rings (SSSR count). The fourth-order valence-corrected chi connectivity index (χ4v) is 2.06. The highest BCUT2D eigenvalue weighted by Crippen LogP contribution is 2.05. The minimum Gasteiger partial charge on any atom is -0.300 e. The number of hydrogen-bond acceptors (Lipinski definition) is 4. The fourth-order valence-electron chi connectivity index (χ4n) is 2.06. The minimum atomic E-state index is -0.327. The highest BCUT2D eigenvalue weighted by Gasteiger charge is 2.06. The molecule has 0 bridgehead atoms. The van der Waals surface area contributed by atoms with Crippen LogP contribution in [0.2, 0.25) is 0 Å². The topological polar surface area (TPSA) is 71.2 Å². The lowest BCUT2D eigenvalue weighted by molar-refractivity contribution is 0.0953. The molecule has 1 aromatic heterocycles. The van der Waals surface area contributed by atoms with Crippen molar-refractivity contribution in [3.63, 3.8) is 0 Å². The fraction of sp³-hybridized carbons (Fsp3) is 0.250. The molecule has 0 unspecified atom stereocenters. The third-order valence-electron chi connectivity index (χ3n) is 3.27. The Morgan fingerprint density at radius 3 is 2.62 bits per heavy atom. The number of carbonyl (C=O) groups is 1. The number of nitrogens with one attached hydrogen (secondary N) is 1. The summed E-state index contributed by atoms with van der Waals surface area (Å²) < 4.78 is 0. The summed E-state index contributed by atoms with van der Waals surface area (Å²) in [7, 11) is 2.06. The number of pyridine rings is 1. The van der Waals surface area contributed by atoms with E-state index in [1.54, 1.807) is 12.3 Å². The second kappa shape index (κ2) is 7.52. The molecule has 0 saturated carbocycles. The predicted octanol–water partition coefficient (Wildman–Crippen LogP) is 1.36. The maximum Gasteiger partial charge on any atom is 0.266 e. The molecule has 1 heterocycles. The number of amides is 1. The quantitative estimate of drug-likeness (QED) is 0.477. The average Bonchev–Trinajstić information content (AvgIpc) is 2.54. The number of nitrogens with zero attached hydrogens (tertiary/aromatic N) is 2. The van der Waals surface area contributed by atoms with Gasteiger partial charge in [0.25, 0.3) is 5.91 Å². The Balaban J connectivity index is 1.85. The number of rotatable bonds is 6. The van der Waals surface area contributed by atoms with Crippen LogP contribution in [0.15, 0.2) is 48.7 Å². The van der Waals surface area contributed by atoms with Gasteiger partial charge >= 0.3 is 0 Å². The lowest BCUT2D eigenvalue weighted by atomic mass is 10.1. The van der Waals surface area contributed by atoms with E-state index < -0.39 is 0 Å². The van der Waals surface area contributed by atoms with Gasteiger partial charge in [-0.25, -0.2) is 5.84 Å². The van der Waals surface area contributed by atoms with Gasteiger partial charge in [-0.2, -0.15) is 0 Å². The monoisotopic (exact) mass is 284 g/mol. The van der Waals surface area contributed by atoms with Gasteiger partial charge in [0.15, 0.2) is 0 Å². The number of nitrogens with two attached hydrogens (primary N) is 1. The number of aromatic nitrogens is 1. The lowest BCUT2D eigenvalue weighted by Gasteiger charge is -2.16. The summed E-state index contributed by atoms with van der Waals surface area (Å²) in [5.74, 6) is 4.75. The van der Waals surface area contributed by atoms with Crippen molar-refractivity contribution in [1.29, 1.82) is 0 Å². The van der Waals surface area contributed by atoms with E-state index in [-0.39, 0.29) is 5.91 Å². The minimum absolute atomic E-state index is 0.327. The van der Waals surface area contributed by atoms with Gasteiger partial charge in [-0.3, -0.25) is 15.2 Å². The van der Waals surface area contributed by atoms with Crippen molar-refractivity contribution in [1.82, 2.24) is 15.3 Å². The van der Waals surface area contributed by atoms with Crippen LogP contribution in [0.5, 0.6) is 0 Å². The molecule has 5 heteroatoms. The molecule has 1 amide bonds. The molecular formula is C16H20N4O. The van der Waals surface area contributed by atoms with Gasteiger partial charge in [-0.1, -0.05) is 30.3 Å². The van der Waals surface area contributed by atoms with Crippen LogP contribution in [-0.2, 0) is 13.0 Å². The number of nitrogen functional groups attached to an aromatic ring is 1. The van der Waals surface area contributed by atoms with E-state index in [4.69, 9.17) is 5.84 Å². The van der Waals surface area contributed by atoms with Crippen molar-refractivity contribution in [3.05, 3.63) is 65.5 Å². The molecule has 0 aliphatic rings. The summed E-state index contributed by atoms with van der Waals surface area (Å²) in [6, 6.07) is 14.0. The van der Waals surface area contributed by atoms with Gasteiger partial charge < -0.3 is 4.90 Å². The third kappa shape index (κ3) is 4.66. The number of hydrogen-bond donors (Lipinski definition) is 2. The molecule has 21 heavy (non-hydrogen) atoms. The molecule has 0 spiro atoms. The smallest absolute Gasteiger partial charge is 0.266 e. The first-order valence-corrected chi connectivity index (χ1v) is 6.87. The molecule has 0 saturated heterocycles. The Bertz CT molecular complexity index is 569. The molecular weight excluding hydrogens is 264 g/mol. The van der Waals surface area contributed by atoms with E-state index in [9.17, 15) is 4.79 Å². The average molecular weight is 284 g/mol. The summed E-state index contributed by atoms with van der Waals surface area (Å²) >= 11 is 0. The number of likely N-dealkylation sites (N-methyl/N-ethyl adjacent to an activating group) is 1. The van der Waals surface area contributed by atoms with E-state index in [1.807, 2.05) is 12.1 Å². The summed E-state index contributed by atoms with van der Waals surface area (Å²) in [6.07, 6.45) is 2.55. The molecule has 0 atom stereocenters. The maximum absolute atomic E-state index is 11.3. The Labute approximate surface area is 124 Å². The van der Waals surface area contributed by atoms with Crippen LogP contribution >= 0.6 is 0 Å². The summed E-state index contributed by atoms with van der Waals surface area (Å²) in [5, 5.41) is 0. The molecule has 0 aliphatic carbocycles. The van der Waals surface area contributed by atoms with Gasteiger partial charge in [0, 0.05) is 19.3 Å². The zero-order valence-corrected chi connectivity index (χ0v) is 12.1. The first-order valence-electron chi connectivity index (χ1n) is 6.87. The molecule has 2 aromatic rings. The Hall–Kier alpha value is -2.24. The lowest BCUT2D eigenvalue weighted by Crippen LogP contribution is -2.30. The van der Waals surface area contributed by atoms with Gasteiger partial charge in [0.2, 0.25) is 0 Å². The zero-order valence-electron chi connectivity index (χ0n) is 12.1. The van der Waals surface area contributed by atoms with Crippen molar-refractivity contribution >= 4 is 5.91 Å². The van der Waals surface area contributed by atoms with Gasteiger partial charge in [-0.15, -0.1) is 0 Å². The second-order valence-electron chi connectivity index (χ2n) is 4.99. The normalized spacial score (nSPS) is 10.6. The van der Waals surface area contributed by atoms with Crippen LogP contribution in [0.1, 0.15) is 21.6 Å². The molecule has 0 radical (unpaired) electrons. The van der Waals surface area contributed by atoms with E-state index >= 15 is 0 Å². The van der Waals surface area contributed by atoms with Crippen molar-refractivity contribution in [3.8, 4) is 0 Å². The highest BCUT2D eigenvalue weighted by atomic mass is 16.2. The largest absolute Gasteiger partial charge is 0.300 e. The van der Waals surface area contributed by atoms with Crippen LogP contribution in [0, 0.1) is 0 Å². The van der Waals surface area contributed by atoms with E-state index in [0.717, 1.165) is 25.2 Å². The van der Waals surface area contributed by atoms with Crippen molar-refractivity contribution in [2.45, 2.75) is 13.0 Å². The number of benzene rings is 1. The second-order valence-corrected chi connectivity index (χ2v) is 4.99. The Kier molecular flexibility index (Phi) is 5.43. The van der Waals surface area contributed by atoms with Crippen LogP contribution in [0.4, 0.5) is 0 Å².